The van der Waals surface area contributed by atoms with E-state index >= 15 is 0 Å². The van der Waals surface area contributed by atoms with Crippen LogP contribution in [0.15, 0.2) is 58.3 Å². The van der Waals surface area contributed by atoms with E-state index in [4.69, 9.17) is 9.15 Å². The van der Waals surface area contributed by atoms with E-state index < -0.39 is 17.9 Å². The lowest BCUT2D eigenvalue weighted by Gasteiger charge is -2.22. The molecule has 0 fully saturated rings. The first-order valence-electron chi connectivity index (χ1n) is 11.2. The van der Waals surface area contributed by atoms with E-state index in [0.717, 1.165) is 22.5 Å². The van der Waals surface area contributed by atoms with Gasteiger partial charge in [0, 0.05) is 0 Å². The summed E-state index contributed by atoms with van der Waals surface area (Å²) in [4.78, 5) is 46.1. The number of hydrogen-bond acceptors (Lipinski definition) is 8. The summed E-state index contributed by atoms with van der Waals surface area (Å²) in [7, 11) is 0. The third-order valence-electron chi connectivity index (χ3n) is 6.18. The highest BCUT2D eigenvalue weighted by Gasteiger charge is 2.45. The maximum Gasteiger partial charge on any atom is 0.350 e. The Labute approximate surface area is 210 Å². The standard InChI is InChI=1S/C27H22N2O6S/c1-5-9-34-26(33)24-15(4)28-27(36-24)29-21(16-7-6-8-17(30)12-16)20-22(31)18-10-13(2)14(3)11-19(18)35-23(20)25(29)32/h5-8,10-12,21,30H,1,9H2,2-4H3. The maximum atomic E-state index is 13.8. The van der Waals surface area contributed by atoms with Gasteiger partial charge in [-0.25, -0.2) is 9.78 Å². The number of carbonyl (C=O) groups is 2. The molecular formula is C27H22N2O6S. The van der Waals surface area contributed by atoms with Gasteiger partial charge in [0.25, 0.3) is 5.91 Å². The number of amides is 1. The van der Waals surface area contributed by atoms with Crippen molar-refractivity contribution >= 4 is 39.3 Å². The Balaban J connectivity index is 1.74. The van der Waals surface area contributed by atoms with Crippen LogP contribution in [0.5, 0.6) is 5.75 Å². The Morgan fingerprint density at radius 2 is 1.97 bits per heavy atom. The molecule has 0 saturated carbocycles. The lowest BCUT2D eigenvalue weighted by molar-refractivity contribution is 0.0554. The van der Waals surface area contributed by atoms with E-state index in [1.54, 1.807) is 31.2 Å². The summed E-state index contributed by atoms with van der Waals surface area (Å²) in [5.41, 5.74) is 2.87. The zero-order valence-corrected chi connectivity index (χ0v) is 20.6. The molecule has 1 aliphatic heterocycles. The monoisotopic (exact) mass is 502 g/mol. The molecule has 5 rings (SSSR count). The lowest BCUT2D eigenvalue weighted by atomic mass is 9.97. The normalized spacial score (nSPS) is 14.8. The van der Waals surface area contributed by atoms with Crippen LogP contribution in [-0.4, -0.2) is 28.6 Å². The lowest BCUT2D eigenvalue weighted by Crippen LogP contribution is -2.29. The molecule has 2 aromatic carbocycles. The molecule has 1 atom stereocenters. The molecule has 36 heavy (non-hydrogen) atoms. The number of benzene rings is 2. The number of phenols is 1. The Morgan fingerprint density at radius 3 is 2.69 bits per heavy atom. The Bertz CT molecular complexity index is 1630. The maximum absolute atomic E-state index is 13.8. The largest absolute Gasteiger partial charge is 0.508 e. The van der Waals surface area contributed by atoms with Gasteiger partial charge in [0.05, 0.1) is 22.7 Å². The molecule has 0 spiro atoms. The van der Waals surface area contributed by atoms with E-state index in [-0.39, 0.29) is 39.1 Å². The molecule has 0 radical (unpaired) electrons. The fourth-order valence-corrected chi connectivity index (χ4v) is 5.30. The van der Waals surface area contributed by atoms with E-state index in [1.165, 1.54) is 23.1 Å². The second-order valence-electron chi connectivity index (χ2n) is 8.58. The third kappa shape index (κ3) is 3.68. The van der Waals surface area contributed by atoms with Gasteiger partial charge in [0.15, 0.2) is 10.6 Å². The average molecular weight is 503 g/mol. The van der Waals surface area contributed by atoms with Crippen molar-refractivity contribution in [2.45, 2.75) is 26.8 Å². The van der Waals surface area contributed by atoms with Crippen LogP contribution in [0.2, 0.25) is 0 Å². The molecule has 182 valence electrons. The van der Waals surface area contributed by atoms with E-state index in [0.29, 0.717) is 22.2 Å². The van der Waals surface area contributed by atoms with Gasteiger partial charge < -0.3 is 14.3 Å². The molecule has 1 amide bonds. The first-order chi connectivity index (χ1) is 17.2. The summed E-state index contributed by atoms with van der Waals surface area (Å²) in [5, 5.41) is 10.7. The number of fused-ring (bicyclic) bond motifs is 2. The zero-order chi connectivity index (χ0) is 25.7. The van der Waals surface area contributed by atoms with E-state index in [1.807, 2.05) is 13.8 Å². The Hall–Kier alpha value is -4.24. The minimum atomic E-state index is -0.913. The van der Waals surface area contributed by atoms with Crippen molar-refractivity contribution in [1.29, 1.82) is 0 Å². The summed E-state index contributed by atoms with van der Waals surface area (Å²) in [5.74, 6) is -1.25. The van der Waals surface area contributed by atoms with Crippen molar-refractivity contribution in [1.82, 2.24) is 4.98 Å². The van der Waals surface area contributed by atoms with Crippen LogP contribution in [0, 0.1) is 20.8 Å². The quantitative estimate of drug-likeness (QED) is 0.303. The Kier molecular flexibility index (Phi) is 5.72. The number of thiazole rings is 1. The average Bonchev–Trinajstić information content (AvgIpc) is 3.36. The first-order valence-corrected chi connectivity index (χ1v) is 12.0. The minimum absolute atomic E-state index is 0.0194. The Morgan fingerprint density at radius 1 is 1.22 bits per heavy atom. The van der Waals surface area contributed by atoms with Crippen LogP contribution in [0.25, 0.3) is 11.0 Å². The van der Waals surface area contributed by atoms with Crippen LogP contribution in [-0.2, 0) is 4.74 Å². The highest BCUT2D eigenvalue weighted by atomic mass is 32.1. The van der Waals surface area contributed by atoms with Crippen LogP contribution >= 0.6 is 11.3 Å². The van der Waals surface area contributed by atoms with Crippen molar-refractivity contribution in [2.24, 2.45) is 0 Å². The van der Waals surface area contributed by atoms with Crippen molar-refractivity contribution in [3.63, 3.8) is 0 Å². The summed E-state index contributed by atoms with van der Waals surface area (Å²) in [6, 6.07) is 8.92. The number of aromatic hydroxyl groups is 1. The van der Waals surface area contributed by atoms with Crippen LogP contribution in [0.3, 0.4) is 0 Å². The molecule has 8 nitrogen and oxygen atoms in total. The summed E-state index contributed by atoms with van der Waals surface area (Å²) in [6.45, 7) is 9.02. The smallest absolute Gasteiger partial charge is 0.350 e. The van der Waals surface area contributed by atoms with Gasteiger partial charge in [-0.1, -0.05) is 36.1 Å². The first kappa shape index (κ1) is 23.5. The molecular weight excluding hydrogens is 480 g/mol. The molecule has 4 aromatic rings. The fraction of sp³-hybridized carbons (Fsp3) is 0.185. The van der Waals surface area contributed by atoms with Crippen LogP contribution in [0.4, 0.5) is 5.13 Å². The summed E-state index contributed by atoms with van der Waals surface area (Å²) >= 11 is 0.986. The molecule has 0 bridgehead atoms. The van der Waals surface area contributed by atoms with Gasteiger partial charge in [-0.3, -0.25) is 14.5 Å². The van der Waals surface area contributed by atoms with Gasteiger partial charge in [-0.15, -0.1) is 0 Å². The van der Waals surface area contributed by atoms with Crippen LogP contribution in [0.1, 0.15) is 54.2 Å². The van der Waals surface area contributed by atoms with Crippen molar-refractivity contribution in [3.05, 3.63) is 97.9 Å². The number of aromatic nitrogens is 1. The second-order valence-corrected chi connectivity index (χ2v) is 9.55. The van der Waals surface area contributed by atoms with Gasteiger partial charge in [-0.05, 0) is 61.7 Å². The number of aryl methyl sites for hydroxylation is 3. The summed E-state index contributed by atoms with van der Waals surface area (Å²) in [6.07, 6.45) is 1.46. The van der Waals surface area contributed by atoms with E-state index in [9.17, 15) is 19.5 Å². The highest BCUT2D eigenvalue weighted by Crippen LogP contribution is 2.43. The number of esters is 1. The summed E-state index contributed by atoms with van der Waals surface area (Å²) < 4.78 is 11.2. The predicted molar refractivity (Wildman–Crippen MR) is 136 cm³/mol. The molecule has 0 saturated heterocycles. The molecule has 0 aliphatic carbocycles. The zero-order valence-electron chi connectivity index (χ0n) is 19.8. The van der Waals surface area contributed by atoms with Gasteiger partial charge in [0.2, 0.25) is 5.76 Å². The number of hydrogen-bond donors (Lipinski definition) is 1. The minimum Gasteiger partial charge on any atom is -0.508 e. The third-order valence-corrected chi connectivity index (χ3v) is 7.32. The van der Waals surface area contributed by atoms with Gasteiger partial charge in [0.1, 0.15) is 22.8 Å². The van der Waals surface area contributed by atoms with Gasteiger partial charge >= 0.3 is 5.97 Å². The second kappa shape index (κ2) is 8.76. The van der Waals surface area contributed by atoms with Crippen molar-refractivity contribution in [2.75, 3.05) is 11.5 Å². The number of ether oxygens (including phenoxy) is 1. The topological polar surface area (TPSA) is 110 Å². The van der Waals surface area contributed by atoms with Gasteiger partial charge in [-0.2, -0.15) is 0 Å². The predicted octanol–water partition coefficient (Wildman–Crippen LogP) is 4.97. The molecule has 1 unspecified atom stereocenters. The molecule has 2 aromatic heterocycles. The van der Waals surface area contributed by atoms with Crippen LogP contribution < -0.4 is 10.3 Å². The molecule has 1 aliphatic rings. The molecule has 3 heterocycles. The van der Waals surface area contributed by atoms with Crippen molar-refractivity contribution < 1.29 is 23.8 Å². The number of phenolic OH excluding ortho intramolecular Hbond substituents is 1. The van der Waals surface area contributed by atoms with E-state index in [2.05, 4.69) is 11.6 Å². The fourth-order valence-electron chi connectivity index (χ4n) is 4.31. The molecule has 9 heteroatoms. The number of nitrogens with zero attached hydrogens (tertiary/aromatic N) is 2. The highest BCUT2D eigenvalue weighted by molar-refractivity contribution is 7.17. The number of carbonyl (C=O) groups excluding carboxylic acids is 2. The number of rotatable bonds is 5. The SMILES string of the molecule is C=CCOC(=O)c1sc(N2C(=O)c3oc4cc(C)c(C)cc4c(=O)c3C2c2cccc(O)c2)nc1C. The number of anilines is 1. The molecule has 1 N–H and O–H groups in total. The van der Waals surface area contributed by atoms with Crippen molar-refractivity contribution in [3.8, 4) is 5.75 Å².